The second-order valence-electron chi connectivity index (χ2n) is 10.9. The van der Waals surface area contributed by atoms with Crippen LogP contribution in [0.5, 0.6) is 0 Å². The Hall–Kier alpha value is -3.37. The quantitative estimate of drug-likeness (QED) is 0.164. The molecule has 0 saturated heterocycles. The number of anilines is 1. The number of amides is 2. The topological polar surface area (TPSA) is 86.8 Å². The highest BCUT2D eigenvalue weighted by molar-refractivity contribution is 9.10. The maximum atomic E-state index is 14.5. The van der Waals surface area contributed by atoms with E-state index in [-0.39, 0.29) is 45.5 Å². The summed E-state index contributed by atoms with van der Waals surface area (Å²) in [7, 11) is -4.31. The van der Waals surface area contributed by atoms with Crippen LogP contribution in [0.15, 0.2) is 106 Å². The second-order valence-corrected chi connectivity index (χ2v) is 14.6. The summed E-state index contributed by atoms with van der Waals surface area (Å²) < 4.78 is 30.1. The average molecular weight is 732 g/mol. The van der Waals surface area contributed by atoms with Crippen molar-refractivity contribution in [2.45, 2.75) is 50.7 Å². The van der Waals surface area contributed by atoms with Crippen LogP contribution in [-0.2, 0) is 32.6 Å². The van der Waals surface area contributed by atoms with E-state index < -0.39 is 28.5 Å². The molecule has 1 atom stereocenters. The molecule has 0 saturated carbocycles. The molecule has 236 valence electrons. The van der Waals surface area contributed by atoms with Gasteiger partial charge in [-0.15, -0.1) is 0 Å². The van der Waals surface area contributed by atoms with Gasteiger partial charge in [-0.3, -0.25) is 13.9 Å². The fourth-order valence-electron chi connectivity index (χ4n) is 4.79. The van der Waals surface area contributed by atoms with Crippen LogP contribution in [0.2, 0.25) is 10.0 Å². The molecule has 0 aliphatic rings. The molecule has 4 aromatic rings. The number of benzene rings is 4. The van der Waals surface area contributed by atoms with Crippen molar-refractivity contribution in [2.24, 2.45) is 0 Å². The van der Waals surface area contributed by atoms with Crippen molar-refractivity contribution in [1.82, 2.24) is 10.2 Å². The van der Waals surface area contributed by atoms with Crippen LogP contribution < -0.4 is 9.62 Å². The van der Waals surface area contributed by atoms with Crippen LogP contribution in [0.4, 0.5) is 5.69 Å². The van der Waals surface area contributed by atoms with Gasteiger partial charge in [-0.25, -0.2) is 8.42 Å². The van der Waals surface area contributed by atoms with Crippen LogP contribution in [-0.4, -0.2) is 43.8 Å². The van der Waals surface area contributed by atoms with E-state index in [9.17, 15) is 18.0 Å². The third-order valence-electron chi connectivity index (χ3n) is 7.01. The SMILES string of the molecule is Cc1ccc(S(=O)(=O)N(CC(=O)N(Cc2cccc(Br)c2)[C@@H](Cc2ccccc2)C(=O)NC(C)C)c2cc(Cl)ccc2Cl)cc1. The number of hydrogen-bond acceptors (Lipinski definition) is 4. The summed E-state index contributed by atoms with van der Waals surface area (Å²) in [5, 5.41) is 3.29. The molecule has 2 amide bonds. The van der Waals surface area contributed by atoms with Gasteiger partial charge in [-0.1, -0.05) is 99.3 Å². The third-order valence-corrected chi connectivity index (χ3v) is 9.83. The molecule has 0 fully saturated rings. The summed E-state index contributed by atoms with van der Waals surface area (Å²) in [6, 6.07) is 26.4. The van der Waals surface area contributed by atoms with Crippen molar-refractivity contribution >= 4 is 66.7 Å². The predicted octanol–water partition coefficient (Wildman–Crippen LogP) is 7.42. The first-order valence-corrected chi connectivity index (χ1v) is 17.3. The van der Waals surface area contributed by atoms with Crippen LogP contribution in [0.25, 0.3) is 0 Å². The van der Waals surface area contributed by atoms with Crippen molar-refractivity contribution in [3.8, 4) is 0 Å². The van der Waals surface area contributed by atoms with Gasteiger partial charge in [0.15, 0.2) is 0 Å². The zero-order valence-electron chi connectivity index (χ0n) is 25.1. The van der Waals surface area contributed by atoms with E-state index in [2.05, 4.69) is 21.2 Å². The van der Waals surface area contributed by atoms with Crippen molar-refractivity contribution < 1.29 is 18.0 Å². The minimum Gasteiger partial charge on any atom is -0.352 e. The van der Waals surface area contributed by atoms with Crippen molar-refractivity contribution in [2.75, 3.05) is 10.8 Å². The number of sulfonamides is 1. The molecule has 11 heteroatoms. The minimum absolute atomic E-state index is 0.0196. The number of nitrogens with one attached hydrogen (secondary N) is 1. The van der Waals surface area contributed by atoms with Gasteiger partial charge in [0.2, 0.25) is 11.8 Å². The number of rotatable bonds is 12. The fraction of sp³-hybridized carbons (Fsp3) is 0.235. The van der Waals surface area contributed by atoms with Crippen LogP contribution >= 0.6 is 39.1 Å². The number of carbonyl (C=O) groups excluding carboxylic acids is 2. The molecule has 1 N–H and O–H groups in total. The van der Waals surface area contributed by atoms with Gasteiger partial charge in [0.1, 0.15) is 12.6 Å². The molecule has 45 heavy (non-hydrogen) atoms. The Bertz CT molecular complexity index is 1750. The monoisotopic (exact) mass is 729 g/mol. The predicted molar refractivity (Wildman–Crippen MR) is 184 cm³/mol. The first kappa shape index (κ1) is 34.5. The summed E-state index contributed by atoms with van der Waals surface area (Å²) in [6.07, 6.45) is 0.210. The summed E-state index contributed by atoms with van der Waals surface area (Å²) in [5.41, 5.74) is 2.52. The van der Waals surface area contributed by atoms with Gasteiger partial charge in [0.05, 0.1) is 15.6 Å². The van der Waals surface area contributed by atoms with Crippen molar-refractivity contribution in [3.63, 3.8) is 0 Å². The summed E-state index contributed by atoms with van der Waals surface area (Å²) in [4.78, 5) is 29.7. The van der Waals surface area contributed by atoms with E-state index in [4.69, 9.17) is 23.2 Å². The molecule has 4 aromatic carbocycles. The highest BCUT2D eigenvalue weighted by Crippen LogP contribution is 2.33. The Morgan fingerprint density at radius 3 is 2.18 bits per heavy atom. The summed E-state index contributed by atoms with van der Waals surface area (Å²) >= 11 is 16.3. The van der Waals surface area contributed by atoms with Gasteiger partial charge in [-0.2, -0.15) is 0 Å². The highest BCUT2D eigenvalue weighted by atomic mass is 79.9. The Morgan fingerprint density at radius 2 is 1.53 bits per heavy atom. The average Bonchev–Trinajstić information content (AvgIpc) is 2.99. The maximum Gasteiger partial charge on any atom is 0.264 e. The molecule has 0 heterocycles. The van der Waals surface area contributed by atoms with Crippen LogP contribution in [0, 0.1) is 6.92 Å². The molecule has 0 spiro atoms. The lowest BCUT2D eigenvalue weighted by atomic mass is 10.0. The number of hydrogen-bond donors (Lipinski definition) is 1. The van der Waals surface area contributed by atoms with Crippen molar-refractivity contribution in [1.29, 1.82) is 0 Å². The zero-order valence-corrected chi connectivity index (χ0v) is 29.0. The first-order chi connectivity index (χ1) is 21.3. The Kier molecular flexibility index (Phi) is 11.7. The van der Waals surface area contributed by atoms with Gasteiger partial charge >= 0.3 is 0 Å². The highest BCUT2D eigenvalue weighted by Gasteiger charge is 2.35. The zero-order chi connectivity index (χ0) is 32.7. The summed E-state index contributed by atoms with van der Waals surface area (Å²) in [5.74, 6) is -0.951. The molecular formula is C34H34BrCl2N3O4S. The molecule has 7 nitrogen and oxygen atoms in total. The number of nitrogens with zero attached hydrogens (tertiary/aromatic N) is 2. The van der Waals surface area contributed by atoms with Gasteiger partial charge < -0.3 is 10.2 Å². The largest absolute Gasteiger partial charge is 0.352 e. The third kappa shape index (κ3) is 9.10. The number of carbonyl (C=O) groups is 2. The smallest absolute Gasteiger partial charge is 0.264 e. The lowest BCUT2D eigenvalue weighted by molar-refractivity contribution is -0.140. The molecule has 0 aliphatic heterocycles. The molecule has 0 unspecified atom stereocenters. The van der Waals surface area contributed by atoms with Gasteiger partial charge in [0, 0.05) is 28.5 Å². The van der Waals surface area contributed by atoms with Gasteiger partial charge in [0.25, 0.3) is 10.0 Å². The Morgan fingerprint density at radius 1 is 0.867 bits per heavy atom. The summed E-state index contributed by atoms with van der Waals surface area (Å²) in [6.45, 7) is 4.94. The first-order valence-electron chi connectivity index (χ1n) is 14.3. The Balaban J connectivity index is 1.84. The van der Waals surface area contributed by atoms with E-state index >= 15 is 0 Å². The molecule has 0 radical (unpaired) electrons. The maximum absolute atomic E-state index is 14.5. The van der Waals surface area contributed by atoms with Crippen LogP contribution in [0.1, 0.15) is 30.5 Å². The van der Waals surface area contributed by atoms with E-state index in [0.29, 0.717) is 0 Å². The normalized spacial score (nSPS) is 12.1. The lowest BCUT2D eigenvalue weighted by Crippen LogP contribution is -2.54. The fourth-order valence-corrected chi connectivity index (χ4v) is 7.10. The Labute approximate surface area is 283 Å². The molecule has 4 rings (SSSR count). The second kappa shape index (κ2) is 15.3. The molecular weight excluding hydrogens is 697 g/mol. The van der Waals surface area contributed by atoms with Crippen LogP contribution in [0.3, 0.4) is 0 Å². The lowest BCUT2D eigenvalue weighted by Gasteiger charge is -2.34. The number of aryl methyl sites for hydroxylation is 1. The number of halogens is 3. The van der Waals surface area contributed by atoms with E-state index in [1.165, 1.54) is 35.2 Å². The van der Waals surface area contributed by atoms with Crippen molar-refractivity contribution in [3.05, 3.63) is 128 Å². The van der Waals surface area contributed by atoms with E-state index in [1.54, 1.807) is 12.1 Å². The molecule has 0 aromatic heterocycles. The minimum atomic E-state index is -4.31. The van der Waals surface area contributed by atoms with E-state index in [1.807, 2.05) is 75.4 Å². The van der Waals surface area contributed by atoms with E-state index in [0.717, 1.165) is 25.5 Å². The van der Waals surface area contributed by atoms with Gasteiger partial charge in [-0.05, 0) is 74.4 Å². The molecule has 0 bridgehead atoms. The molecule has 0 aliphatic carbocycles. The standard InChI is InChI=1S/C34H34BrCl2N3O4S/c1-23(2)38-34(42)32(19-25-8-5-4-6-9-25)39(21-26-10-7-11-27(35)18-26)33(41)22-40(31-20-28(36)14-17-30(31)37)45(43,44)29-15-12-24(3)13-16-29/h4-18,20,23,32H,19,21-22H2,1-3H3,(H,38,42)/t32-/m0/s1.